The van der Waals surface area contributed by atoms with Crippen molar-refractivity contribution in [2.24, 2.45) is 11.8 Å². The maximum atomic E-state index is 11.3. The van der Waals surface area contributed by atoms with Crippen LogP contribution in [0.5, 0.6) is 0 Å². The molecule has 0 N–H and O–H groups in total. The summed E-state index contributed by atoms with van der Waals surface area (Å²) in [5, 5.41) is 0. The van der Waals surface area contributed by atoms with Gasteiger partial charge in [-0.05, 0) is 18.8 Å². The van der Waals surface area contributed by atoms with Gasteiger partial charge in [0.2, 0.25) is 0 Å². The largest absolute Gasteiger partial charge is 0.469 e. The monoisotopic (exact) mass is 200 g/mol. The first-order chi connectivity index (χ1) is 5.94. The quantitative estimate of drug-likeness (QED) is 0.517. The Morgan fingerprint density at radius 3 is 2.31 bits per heavy atom. The fourth-order valence-electron chi connectivity index (χ4n) is 2.06. The van der Waals surface area contributed by atoms with Crippen molar-refractivity contribution >= 4 is 14.0 Å². The lowest BCUT2D eigenvalue weighted by atomic mass is 9.75. The lowest BCUT2D eigenvalue weighted by Crippen LogP contribution is -2.38. The Kier molecular flexibility index (Phi) is 3.17. The molecule has 76 valence electrons. The Bertz CT molecular complexity index is 196. The van der Waals surface area contributed by atoms with Gasteiger partial charge >= 0.3 is 5.97 Å². The molecular formula is C10H20O2Si. The third-order valence-electron chi connectivity index (χ3n) is 2.80. The summed E-state index contributed by atoms with van der Waals surface area (Å²) in [4.78, 5) is 11.3. The van der Waals surface area contributed by atoms with Crippen molar-refractivity contribution in [1.29, 1.82) is 0 Å². The van der Waals surface area contributed by atoms with Crippen LogP contribution in [0.1, 0.15) is 12.8 Å². The van der Waals surface area contributed by atoms with Gasteiger partial charge in [0.25, 0.3) is 0 Å². The Balaban J connectivity index is 2.41. The van der Waals surface area contributed by atoms with Gasteiger partial charge < -0.3 is 4.74 Å². The van der Waals surface area contributed by atoms with E-state index in [0.717, 1.165) is 6.42 Å². The summed E-state index contributed by atoms with van der Waals surface area (Å²) in [6.45, 7) is 7.08. The van der Waals surface area contributed by atoms with Crippen LogP contribution < -0.4 is 0 Å². The zero-order valence-electron chi connectivity index (χ0n) is 9.09. The van der Waals surface area contributed by atoms with Crippen LogP contribution in [-0.4, -0.2) is 21.2 Å². The predicted octanol–water partition coefficient (Wildman–Crippen LogP) is 2.52. The maximum Gasteiger partial charge on any atom is 0.308 e. The SMILES string of the molecule is COC(=O)C1CC[C@H]1C[Si](C)(C)C. The Morgan fingerprint density at radius 2 is 2.00 bits per heavy atom. The molecular weight excluding hydrogens is 180 g/mol. The van der Waals surface area contributed by atoms with Crippen molar-refractivity contribution < 1.29 is 9.53 Å². The molecule has 0 heterocycles. The van der Waals surface area contributed by atoms with E-state index in [2.05, 4.69) is 19.6 Å². The van der Waals surface area contributed by atoms with Crippen LogP contribution in [0.3, 0.4) is 0 Å². The molecule has 1 unspecified atom stereocenters. The molecule has 0 bridgehead atoms. The number of methoxy groups -OCH3 is 1. The minimum atomic E-state index is -0.998. The number of esters is 1. The van der Waals surface area contributed by atoms with Gasteiger partial charge in [-0.25, -0.2) is 0 Å². The summed E-state index contributed by atoms with van der Waals surface area (Å²) >= 11 is 0. The van der Waals surface area contributed by atoms with Crippen LogP contribution in [0.4, 0.5) is 0 Å². The summed E-state index contributed by atoms with van der Waals surface area (Å²) in [5.41, 5.74) is 0. The predicted molar refractivity (Wildman–Crippen MR) is 56.4 cm³/mol. The standard InChI is InChI=1S/C10H20O2Si/c1-12-10(11)9-6-5-8(9)7-13(2,3)4/h8-9H,5-7H2,1-4H3/t8-,9?/m0/s1. The lowest BCUT2D eigenvalue weighted by molar-refractivity contribution is -0.151. The second kappa shape index (κ2) is 3.82. The van der Waals surface area contributed by atoms with Crippen molar-refractivity contribution in [2.45, 2.75) is 38.5 Å². The highest BCUT2D eigenvalue weighted by atomic mass is 28.3. The summed E-state index contributed by atoms with van der Waals surface area (Å²) in [5.74, 6) is 0.852. The first-order valence-electron chi connectivity index (χ1n) is 5.02. The zero-order chi connectivity index (χ0) is 10.1. The highest BCUT2D eigenvalue weighted by Gasteiger charge is 2.39. The van der Waals surface area contributed by atoms with Gasteiger partial charge in [-0.3, -0.25) is 4.79 Å². The Hall–Kier alpha value is -0.313. The van der Waals surface area contributed by atoms with E-state index in [4.69, 9.17) is 4.74 Å². The molecule has 0 aromatic rings. The molecule has 1 rings (SSSR count). The van der Waals surface area contributed by atoms with E-state index in [-0.39, 0.29) is 11.9 Å². The molecule has 1 saturated carbocycles. The molecule has 0 saturated heterocycles. The minimum Gasteiger partial charge on any atom is -0.469 e. The number of carbonyl (C=O) groups is 1. The maximum absolute atomic E-state index is 11.3. The second-order valence-corrected chi connectivity index (χ2v) is 10.8. The van der Waals surface area contributed by atoms with Gasteiger partial charge in [0, 0.05) is 8.07 Å². The van der Waals surface area contributed by atoms with Gasteiger partial charge in [-0.15, -0.1) is 0 Å². The van der Waals surface area contributed by atoms with E-state index in [1.54, 1.807) is 0 Å². The van der Waals surface area contributed by atoms with Crippen molar-refractivity contribution in [1.82, 2.24) is 0 Å². The highest BCUT2D eigenvalue weighted by molar-refractivity contribution is 6.76. The van der Waals surface area contributed by atoms with Gasteiger partial charge in [-0.2, -0.15) is 0 Å². The molecule has 1 aliphatic carbocycles. The van der Waals surface area contributed by atoms with E-state index >= 15 is 0 Å². The third-order valence-corrected chi connectivity index (χ3v) is 4.55. The molecule has 0 aliphatic heterocycles. The van der Waals surface area contributed by atoms with Gasteiger partial charge in [-0.1, -0.05) is 25.7 Å². The fourth-order valence-corrected chi connectivity index (χ4v) is 4.12. The second-order valence-electron chi connectivity index (χ2n) is 5.23. The summed E-state index contributed by atoms with van der Waals surface area (Å²) in [6.07, 6.45) is 2.27. The summed E-state index contributed by atoms with van der Waals surface area (Å²) in [6, 6.07) is 1.27. The zero-order valence-corrected chi connectivity index (χ0v) is 10.1. The molecule has 1 fully saturated rings. The minimum absolute atomic E-state index is 0.00880. The van der Waals surface area contributed by atoms with Crippen molar-refractivity contribution in [3.63, 3.8) is 0 Å². The first-order valence-corrected chi connectivity index (χ1v) is 8.72. The highest BCUT2D eigenvalue weighted by Crippen LogP contribution is 2.40. The number of hydrogen-bond donors (Lipinski definition) is 0. The first kappa shape index (κ1) is 10.8. The van der Waals surface area contributed by atoms with Crippen molar-refractivity contribution in [3.05, 3.63) is 0 Å². The Labute approximate surface area is 81.7 Å². The molecule has 3 heteroatoms. The van der Waals surface area contributed by atoms with Crippen LogP contribution in [0, 0.1) is 11.8 Å². The van der Waals surface area contributed by atoms with Crippen LogP contribution in [-0.2, 0) is 9.53 Å². The molecule has 0 spiro atoms. The van der Waals surface area contributed by atoms with E-state index in [9.17, 15) is 4.79 Å². The molecule has 1 aliphatic rings. The van der Waals surface area contributed by atoms with Crippen LogP contribution >= 0.6 is 0 Å². The van der Waals surface area contributed by atoms with Crippen LogP contribution in [0.2, 0.25) is 25.7 Å². The molecule has 0 aromatic carbocycles. The van der Waals surface area contributed by atoms with Crippen LogP contribution in [0.15, 0.2) is 0 Å². The molecule has 0 aromatic heterocycles. The van der Waals surface area contributed by atoms with Gasteiger partial charge in [0.15, 0.2) is 0 Å². The van der Waals surface area contributed by atoms with Crippen LogP contribution in [0.25, 0.3) is 0 Å². The van der Waals surface area contributed by atoms with E-state index in [1.165, 1.54) is 19.6 Å². The summed E-state index contributed by atoms with van der Waals surface area (Å²) in [7, 11) is 0.494. The molecule has 13 heavy (non-hydrogen) atoms. The van der Waals surface area contributed by atoms with Gasteiger partial charge in [0.1, 0.15) is 0 Å². The molecule has 2 nitrogen and oxygen atoms in total. The normalized spacial score (nSPS) is 28.0. The fraction of sp³-hybridized carbons (Fsp3) is 0.900. The lowest BCUT2D eigenvalue weighted by Gasteiger charge is -2.37. The van der Waals surface area contributed by atoms with E-state index in [0.29, 0.717) is 5.92 Å². The Morgan fingerprint density at radius 1 is 1.38 bits per heavy atom. The average molecular weight is 200 g/mol. The number of hydrogen-bond acceptors (Lipinski definition) is 2. The smallest absolute Gasteiger partial charge is 0.308 e. The number of ether oxygens (including phenoxy) is 1. The van der Waals surface area contributed by atoms with Crippen molar-refractivity contribution in [3.8, 4) is 0 Å². The molecule has 2 atom stereocenters. The molecule has 0 radical (unpaired) electrons. The van der Waals surface area contributed by atoms with Gasteiger partial charge in [0.05, 0.1) is 13.0 Å². The summed E-state index contributed by atoms with van der Waals surface area (Å²) < 4.78 is 4.78. The van der Waals surface area contributed by atoms with E-state index in [1.807, 2.05) is 0 Å². The molecule has 0 amide bonds. The van der Waals surface area contributed by atoms with E-state index < -0.39 is 8.07 Å². The van der Waals surface area contributed by atoms with Crippen molar-refractivity contribution in [2.75, 3.05) is 7.11 Å². The average Bonchev–Trinajstić information content (AvgIpc) is 1.96. The topological polar surface area (TPSA) is 26.3 Å². The third kappa shape index (κ3) is 2.83. The number of carbonyl (C=O) groups excluding carboxylic acids is 1. The number of rotatable bonds is 3.